The lowest BCUT2D eigenvalue weighted by Gasteiger charge is -2.31. The Morgan fingerprint density at radius 2 is 1.87 bits per heavy atom. The molecule has 0 bridgehead atoms. The highest BCUT2D eigenvalue weighted by molar-refractivity contribution is 4.81. The molecule has 0 radical (unpaired) electrons. The summed E-state index contributed by atoms with van der Waals surface area (Å²) in [5.74, 6) is 0. The smallest absolute Gasteiger partial charge is 0.0594 e. The maximum absolute atomic E-state index is 5.30. The quantitative estimate of drug-likeness (QED) is 0.753. The number of nitrogens with one attached hydrogen (secondary N) is 1. The zero-order valence-corrected chi connectivity index (χ0v) is 10.3. The Morgan fingerprint density at radius 3 is 2.33 bits per heavy atom. The van der Waals surface area contributed by atoms with E-state index in [-0.39, 0.29) is 0 Å². The molecule has 0 spiro atoms. The Labute approximate surface area is 94.2 Å². The third-order valence-electron chi connectivity index (χ3n) is 3.10. The van der Waals surface area contributed by atoms with E-state index in [1.165, 1.54) is 32.4 Å². The molecule has 90 valence electrons. The van der Waals surface area contributed by atoms with E-state index in [0.717, 1.165) is 32.3 Å². The van der Waals surface area contributed by atoms with E-state index in [9.17, 15) is 0 Å². The highest BCUT2D eigenvalue weighted by Crippen LogP contribution is 2.09. The summed E-state index contributed by atoms with van der Waals surface area (Å²) >= 11 is 0. The van der Waals surface area contributed by atoms with Crippen LogP contribution in [0.5, 0.6) is 0 Å². The Hall–Kier alpha value is -0.120. The van der Waals surface area contributed by atoms with Gasteiger partial charge in [0.05, 0.1) is 13.2 Å². The SMILES string of the molecule is C1CC(N2CCOCC2)CN1.CCCC. The summed E-state index contributed by atoms with van der Waals surface area (Å²) in [6.07, 6.45) is 3.96. The number of hydrogen-bond donors (Lipinski definition) is 1. The molecule has 2 aliphatic rings. The Morgan fingerprint density at radius 1 is 1.20 bits per heavy atom. The summed E-state index contributed by atoms with van der Waals surface area (Å²) < 4.78 is 5.30. The average Bonchev–Trinajstić information content (AvgIpc) is 2.84. The number of rotatable bonds is 2. The topological polar surface area (TPSA) is 24.5 Å². The van der Waals surface area contributed by atoms with Gasteiger partial charge < -0.3 is 10.1 Å². The first kappa shape index (κ1) is 12.9. The van der Waals surface area contributed by atoms with Gasteiger partial charge in [0, 0.05) is 25.7 Å². The predicted molar refractivity (Wildman–Crippen MR) is 64.2 cm³/mol. The van der Waals surface area contributed by atoms with E-state index in [1.54, 1.807) is 0 Å². The second kappa shape index (κ2) is 8.08. The van der Waals surface area contributed by atoms with E-state index in [0.29, 0.717) is 0 Å². The molecule has 0 aromatic carbocycles. The molecule has 15 heavy (non-hydrogen) atoms. The van der Waals surface area contributed by atoms with Crippen LogP contribution in [0, 0.1) is 0 Å². The summed E-state index contributed by atoms with van der Waals surface area (Å²) in [5.41, 5.74) is 0. The molecule has 3 nitrogen and oxygen atoms in total. The van der Waals surface area contributed by atoms with Crippen molar-refractivity contribution in [3.05, 3.63) is 0 Å². The fourth-order valence-electron chi connectivity index (χ4n) is 1.89. The molecule has 0 amide bonds. The van der Waals surface area contributed by atoms with Gasteiger partial charge in [0.25, 0.3) is 0 Å². The van der Waals surface area contributed by atoms with E-state index in [4.69, 9.17) is 4.74 Å². The molecule has 3 heteroatoms. The van der Waals surface area contributed by atoms with Crippen LogP contribution in [-0.4, -0.2) is 50.3 Å². The number of nitrogens with zero attached hydrogens (tertiary/aromatic N) is 1. The maximum atomic E-state index is 5.30. The lowest BCUT2D eigenvalue weighted by atomic mass is 10.2. The Balaban J connectivity index is 0.000000245. The van der Waals surface area contributed by atoms with Crippen LogP contribution in [0.4, 0.5) is 0 Å². The molecule has 1 N–H and O–H groups in total. The normalized spacial score (nSPS) is 27.2. The molecule has 1 unspecified atom stereocenters. The van der Waals surface area contributed by atoms with Gasteiger partial charge >= 0.3 is 0 Å². The molecule has 2 rings (SSSR count). The molecule has 2 heterocycles. The van der Waals surface area contributed by atoms with Crippen molar-refractivity contribution in [2.24, 2.45) is 0 Å². The first-order valence-electron chi connectivity index (χ1n) is 6.41. The molecular weight excluding hydrogens is 188 g/mol. The van der Waals surface area contributed by atoms with Gasteiger partial charge in [-0.1, -0.05) is 26.7 Å². The van der Waals surface area contributed by atoms with E-state index in [1.807, 2.05) is 0 Å². The molecule has 0 aromatic heterocycles. The third kappa shape index (κ3) is 4.96. The van der Waals surface area contributed by atoms with Gasteiger partial charge in [-0.15, -0.1) is 0 Å². The monoisotopic (exact) mass is 214 g/mol. The van der Waals surface area contributed by atoms with Crippen LogP contribution < -0.4 is 5.32 Å². The van der Waals surface area contributed by atoms with Gasteiger partial charge in [-0.25, -0.2) is 0 Å². The largest absolute Gasteiger partial charge is 0.379 e. The molecule has 2 aliphatic heterocycles. The minimum Gasteiger partial charge on any atom is -0.379 e. The Kier molecular flexibility index (Phi) is 6.98. The fourth-order valence-corrected chi connectivity index (χ4v) is 1.89. The summed E-state index contributed by atoms with van der Waals surface area (Å²) in [6.45, 7) is 10.9. The minimum atomic E-state index is 0.791. The molecule has 2 fully saturated rings. The molecule has 0 aliphatic carbocycles. The van der Waals surface area contributed by atoms with Crippen molar-refractivity contribution in [2.45, 2.75) is 39.2 Å². The fraction of sp³-hybridized carbons (Fsp3) is 1.00. The van der Waals surface area contributed by atoms with Gasteiger partial charge in [0.1, 0.15) is 0 Å². The molecule has 1 atom stereocenters. The number of morpholine rings is 1. The standard InChI is InChI=1S/C8H16N2O.C4H10/c1-2-9-7-8(1)10-3-5-11-6-4-10;1-3-4-2/h8-9H,1-7H2;3-4H2,1-2H3. The van der Waals surface area contributed by atoms with Crippen molar-refractivity contribution in [2.75, 3.05) is 39.4 Å². The number of ether oxygens (including phenoxy) is 1. The van der Waals surface area contributed by atoms with Crippen LogP contribution in [0.25, 0.3) is 0 Å². The minimum absolute atomic E-state index is 0.791. The van der Waals surface area contributed by atoms with E-state index >= 15 is 0 Å². The van der Waals surface area contributed by atoms with E-state index < -0.39 is 0 Å². The van der Waals surface area contributed by atoms with Crippen molar-refractivity contribution in [1.82, 2.24) is 10.2 Å². The van der Waals surface area contributed by atoms with Crippen molar-refractivity contribution in [1.29, 1.82) is 0 Å². The zero-order valence-electron chi connectivity index (χ0n) is 10.3. The summed E-state index contributed by atoms with van der Waals surface area (Å²) in [6, 6.07) is 0.791. The average molecular weight is 214 g/mol. The lowest BCUT2D eigenvalue weighted by Crippen LogP contribution is -2.44. The van der Waals surface area contributed by atoms with E-state index in [2.05, 4.69) is 24.1 Å². The lowest BCUT2D eigenvalue weighted by molar-refractivity contribution is 0.0206. The highest BCUT2D eigenvalue weighted by atomic mass is 16.5. The molecular formula is C12H26N2O. The van der Waals surface area contributed by atoms with Gasteiger partial charge in [-0.2, -0.15) is 0 Å². The highest BCUT2D eigenvalue weighted by Gasteiger charge is 2.23. The summed E-state index contributed by atoms with van der Waals surface area (Å²) in [5, 5.41) is 3.39. The first-order chi connectivity index (χ1) is 7.38. The third-order valence-corrected chi connectivity index (χ3v) is 3.10. The van der Waals surface area contributed by atoms with Crippen LogP contribution in [0.15, 0.2) is 0 Å². The number of hydrogen-bond acceptors (Lipinski definition) is 3. The molecule has 2 saturated heterocycles. The zero-order chi connectivity index (χ0) is 10.9. The van der Waals surface area contributed by atoms with Crippen LogP contribution in [0.2, 0.25) is 0 Å². The summed E-state index contributed by atoms with van der Waals surface area (Å²) in [4.78, 5) is 2.55. The predicted octanol–water partition coefficient (Wildman–Crippen LogP) is 1.49. The van der Waals surface area contributed by atoms with Gasteiger partial charge in [0.2, 0.25) is 0 Å². The first-order valence-corrected chi connectivity index (χ1v) is 6.41. The van der Waals surface area contributed by atoms with Crippen LogP contribution >= 0.6 is 0 Å². The second-order valence-corrected chi connectivity index (χ2v) is 4.29. The number of unbranched alkanes of at least 4 members (excludes halogenated alkanes) is 1. The Bertz CT molecular complexity index is 139. The van der Waals surface area contributed by atoms with Crippen LogP contribution in [0.1, 0.15) is 33.1 Å². The van der Waals surface area contributed by atoms with Crippen molar-refractivity contribution in [3.63, 3.8) is 0 Å². The maximum Gasteiger partial charge on any atom is 0.0594 e. The van der Waals surface area contributed by atoms with Gasteiger partial charge in [-0.05, 0) is 13.0 Å². The van der Waals surface area contributed by atoms with Gasteiger partial charge in [0.15, 0.2) is 0 Å². The van der Waals surface area contributed by atoms with Crippen molar-refractivity contribution in [3.8, 4) is 0 Å². The molecule has 0 aromatic rings. The van der Waals surface area contributed by atoms with Crippen molar-refractivity contribution >= 4 is 0 Å². The van der Waals surface area contributed by atoms with Crippen molar-refractivity contribution < 1.29 is 4.74 Å². The molecule has 0 saturated carbocycles. The second-order valence-electron chi connectivity index (χ2n) is 4.29. The van der Waals surface area contributed by atoms with Crippen LogP contribution in [-0.2, 0) is 4.74 Å². The van der Waals surface area contributed by atoms with Crippen LogP contribution in [0.3, 0.4) is 0 Å². The van der Waals surface area contributed by atoms with Gasteiger partial charge in [-0.3, -0.25) is 4.90 Å². The summed E-state index contributed by atoms with van der Waals surface area (Å²) in [7, 11) is 0.